The van der Waals surface area contributed by atoms with Crippen molar-refractivity contribution in [3.8, 4) is 10.7 Å². The number of hydrogen-bond acceptors (Lipinski definition) is 4. The highest BCUT2D eigenvalue weighted by atomic mass is 32.1. The Morgan fingerprint density at radius 3 is 2.38 bits per heavy atom. The molecule has 4 heteroatoms. The molecule has 4 saturated carbocycles. The van der Waals surface area contributed by atoms with Crippen LogP contribution in [0.5, 0.6) is 0 Å². The van der Waals surface area contributed by atoms with Crippen LogP contribution in [0.15, 0.2) is 16.0 Å². The Labute approximate surface area is 128 Å². The Morgan fingerprint density at radius 2 is 1.81 bits per heavy atom. The van der Waals surface area contributed by atoms with Gasteiger partial charge in [0, 0.05) is 16.9 Å². The van der Waals surface area contributed by atoms with E-state index >= 15 is 0 Å². The van der Waals surface area contributed by atoms with Gasteiger partial charge < -0.3 is 4.52 Å². The van der Waals surface area contributed by atoms with Gasteiger partial charge in [0.05, 0.1) is 5.69 Å². The van der Waals surface area contributed by atoms with E-state index in [-0.39, 0.29) is 0 Å². The summed E-state index contributed by atoms with van der Waals surface area (Å²) in [4.78, 5) is 4.98. The van der Waals surface area contributed by atoms with E-state index in [1.165, 1.54) is 44.2 Å². The Bertz CT molecular complexity index is 651. The van der Waals surface area contributed by atoms with Gasteiger partial charge in [0.1, 0.15) is 16.5 Å². The number of hydrogen-bond donors (Lipinski definition) is 0. The van der Waals surface area contributed by atoms with Crippen molar-refractivity contribution in [2.24, 2.45) is 17.8 Å². The van der Waals surface area contributed by atoms with E-state index in [2.05, 4.69) is 10.5 Å². The van der Waals surface area contributed by atoms with Crippen LogP contribution in [0.3, 0.4) is 0 Å². The van der Waals surface area contributed by atoms with Gasteiger partial charge >= 0.3 is 0 Å². The molecule has 2 heterocycles. The van der Waals surface area contributed by atoms with Crippen LogP contribution in [0.4, 0.5) is 0 Å². The second kappa shape index (κ2) is 4.19. The van der Waals surface area contributed by atoms with E-state index in [1.54, 1.807) is 11.3 Å². The summed E-state index contributed by atoms with van der Waals surface area (Å²) in [6.45, 7) is 1.93. The molecule has 3 nitrogen and oxygen atoms in total. The minimum Gasteiger partial charge on any atom is -0.361 e. The van der Waals surface area contributed by atoms with Gasteiger partial charge in [-0.2, -0.15) is 0 Å². The number of thiazole rings is 1. The summed E-state index contributed by atoms with van der Waals surface area (Å²) in [5.74, 6) is 3.76. The van der Waals surface area contributed by atoms with Crippen LogP contribution in [0.2, 0.25) is 0 Å². The molecule has 0 amide bonds. The van der Waals surface area contributed by atoms with Crippen molar-refractivity contribution >= 4 is 11.3 Å². The second-order valence-electron chi connectivity index (χ2n) is 7.56. The fourth-order valence-electron chi connectivity index (χ4n) is 5.53. The Balaban J connectivity index is 1.52. The third-order valence-electron chi connectivity index (χ3n) is 5.93. The first-order chi connectivity index (χ1) is 10.2. The molecular formula is C17H20N2OS. The summed E-state index contributed by atoms with van der Waals surface area (Å²) in [5.41, 5.74) is 2.64. The summed E-state index contributed by atoms with van der Waals surface area (Å²) >= 11 is 1.73. The maximum atomic E-state index is 5.19. The van der Waals surface area contributed by atoms with Crippen molar-refractivity contribution in [3.05, 3.63) is 22.9 Å². The maximum Gasteiger partial charge on any atom is 0.145 e. The first-order valence-corrected chi connectivity index (χ1v) is 8.98. The molecule has 4 bridgehead atoms. The predicted octanol–water partition coefficient (Wildman–Crippen LogP) is 4.57. The average Bonchev–Trinajstić information content (AvgIpc) is 3.05. The molecule has 0 unspecified atom stereocenters. The molecular weight excluding hydrogens is 280 g/mol. The molecule has 0 aromatic carbocycles. The van der Waals surface area contributed by atoms with Crippen LogP contribution in [-0.4, -0.2) is 10.1 Å². The van der Waals surface area contributed by atoms with Crippen molar-refractivity contribution in [1.82, 2.24) is 10.1 Å². The van der Waals surface area contributed by atoms with Gasteiger partial charge in [0.25, 0.3) is 0 Å². The summed E-state index contributed by atoms with van der Waals surface area (Å²) in [6, 6.07) is 1.99. The quantitative estimate of drug-likeness (QED) is 0.815. The van der Waals surface area contributed by atoms with Gasteiger partial charge in [-0.3, -0.25) is 0 Å². The Morgan fingerprint density at radius 1 is 1.14 bits per heavy atom. The lowest BCUT2D eigenvalue weighted by atomic mass is 9.49. The fourth-order valence-corrected chi connectivity index (χ4v) is 6.42. The molecule has 4 aliphatic rings. The lowest BCUT2D eigenvalue weighted by molar-refractivity contribution is -0.00689. The van der Waals surface area contributed by atoms with Crippen molar-refractivity contribution in [2.45, 2.75) is 50.9 Å². The fraction of sp³-hybridized carbons (Fsp3) is 0.647. The third-order valence-corrected chi connectivity index (χ3v) is 6.80. The molecule has 2 aromatic rings. The smallest absolute Gasteiger partial charge is 0.145 e. The van der Waals surface area contributed by atoms with Gasteiger partial charge in [-0.25, -0.2) is 4.98 Å². The molecule has 110 valence electrons. The number of aryl methyl sites for hydroxylation is 1. The van der Waals surface area contributed by atoms with Gasteiger partial charge in [-0.15, -0.1) is 11.3 Å². The first kappa shape index (κ1) is 12.4. The maximum absolute atomic E-state index is 5.19. The highest BCUT2D eigenvalue weighted by molar-refractivity contribution is 7.13. The van der Waals surface area contributed by atoms with E-state index in [0.717, 1.165) is 34.2 Å². The van der Waals surface area contributed by atoms with Crippen LogP contribution in [0, 0.1) is 24.7 Å². The molecule has 0 spiro atoms. The molecule has 4 fully saturated rings. The number of rotatable bonds is 2. The van der Waals surface area contributed by atoms with Crippen LogP contribution >= 0.6 is 11.3 Å². The zero-order chi connectivity index (χ0) is 14.0. The normalized spacial score (nSPS) is 37.3. The summed E-state index contributed by atoms with van der Waals surface area (Å²) in [7, 11) is 0. The monoisotopic (exact) mass is 300 g/mol. The van der Waals surface area contributed by atoms with E-state index in [1.807, 2.05) is 13.0 Å². The predicted molar refractivity (Wildman–Crippen MR) is 82.2 cm³/mol. The third kappa shape index (κ3) is 1.84. The molecule has 4 aliphatic carbocycles. The lowest BCUT2D eigenvalue weighted by Gasteiger charge is -2.56. The zero-order valence-corrected chi connectivity index (χ0v) is 13.2. The van der Waals surface area contributed by atoms with Crippen molar-refractivity contribution in [1.29, 1.82) is 0 Å². The Kier molecular flexibility index (Phi) is 2.47. The van der Waals surface area contributed by atoms with Crippen molar-refractivity contribution in [2.75, 3.05) is 0 Å². The van der Waals surface area contributed by atoms with Crippen LogP contribution in [0.25, 0.3) is 10.7 Å². The lowest BCUT2D eigenvalue weighted by Crippen LogP contribution is -2.48. The summed E-state index contributed by atoms with van der Waals surface area (Å²) in [6.07, 6.45) is 8.58. The highest BCUT2D eigenvalue weighted by Gasteiger charge is 2.52. The van der Waals surface area contributed by atoms with E-state index in [4.69, 9.17) is 9.51 Å². The SMILES string of the molecule is Cc1cc(-c2nc(C34CC5CC(CC(C5)C3)C4)cs2)no1. The number of nitrogens with zero attached hydrogens (tertiary/aromatic N) is 2. The minimum absolute atomic E-state index is 0.391. The molecule has 6 rings (SSSR count). The van der Waals surface area contributed by atoms with Gasteiger partial charge in [0.2, 0.25) is 0 Å². The zero-order valence-electron chi connectivity index (χ0n) is 12.3. The van der Waals surface area contributed by atoms with Crippen LogP contribution in [0.1, 0.15) is 50.0 Å². The molecule has 0 aliphatic heterocycles. The highest BCUT2D eigenvalue weighted by Crippen LogP contribution is 2.60. The van der Waals surface area contributed by atoms with Crippen LogP contribution in [-0.2, 0) is 5.41 Å². The Hall–Kier alpha value is -1.16. The summed E-state index contributed by atoms with van der Waals surface area (Å²) in [5, 5.41) is 7.44. The average molecular weight is 300 g/mol. The molecule has 21 heavy (non-hydrogen) atoms. The van der Waals surface area contributed by atoms with E-state index < -0.39 is 0 Å². The standard InChI is InChI=1S/C17H20N2OS/c1-10-2-14(19-20-10)16-18-15(9-21-16)17-6-11-3-12(7-17)5-13(4-11)8-17/h2,9,11-13H,3-8H2,1H3. The van der Waals surface area contributed by atoms with Gasteiger partial charge in [0.15, 0.2) is 0 Å². The van der Waals surface area contributed by atoms with Gasteiger partial charge in [-0.1, -0.05) is 5.16 Å². The minimum atomic E-state index is 0.391. The van der Waals surface area contributed by atoms with Crippen molar-refractivity contribution in [3.63, 3.8) is 0 Å². The molecule has 0 N–H and O–H groups in total. The number of aromatic nitrogens is 2. The van der Waals surface area contributed by atoms with E-state index in [9.17, 15) is 0 Å². The molecule has 0 saturated heterocycles. The molecule has 2 aromatic heterocycles. The second-order valence-corrected chi connectivity index (χ2v) is 8.42. The molecule has 0 radical (unpaired) electrons. The molecule has 0 atom stereocenters. The van der Waals surface area contributed by atoms with Gasteiger partial charge in [-0.05, 0) is 63.2 Å². The largest absolute Gasteiger partial charge is 0.361 e. The van der Waals surface area contributed by atoms with Crippen molar-refractivity contribution < 1.29 is 4.52 Å². The first-order valence-electron chi connectivity index (χ1n) is 8.10. The van der Waals surface area contributed by atoms with E-state index in [0.29, 0.717) is 5.41 Å². The summed E-state index contributed by atoms with van der Waals surface area (Å²) < 4.78 is 5.19. The van der Waals surface area contributed by atoms with Crippen LogP contribution < -0.4 is 0 Å². The topological polar surface area (TPSA) is 38.9 Å².